The van der Waals surface area contributed by atoms with E-state index in [2.05, 4.69) is 31.2 Å². The summed E-state index contributed by atoms with van der Waals surface area (Å²) in [6.45, 7) is 3.31. The molecule has 1 fully saturated rings. The molecule has 0 amide bonds. The van der Waals surface area contributed by atoms with Gasteiger partial charge in [0.2, 0.25) is 11.9 Å². The predicted octanol–water partition coefficient (Wildman–Crippen LogP) is 3.49. The van der Waals surface area contributed by atoms with Crippen LogP contribution in [0.1, 0.15) is 0 Å². The summed E-state index contributed by atoms with van der Waals surface area (Å²) in [5.41, 5.74) is 1.94. The molecule has 1 aliphatic heterocycles. The monoisotopic (exact) mass is 383 g/mol. The topological polar surface area (TPSA) is 70.1 Å². The molecule has 4 aromatic rings. The maximum Gasteiger partial charge on any atom is 0.228 e. The Labute approximate surface area is 169 Å². The average molecular weight is 383 g/mol. The highest BCUT2D eigenvalue weighted by molar-refractivity contribution is 5.91. The Morgan fingerprint density at radius 3 is 2.07 bits per heavy atom. The van der Waals surface area contributed by atoms with Crippen LogP contribution >= 0.6 is 0 Å². The summed E-state index contributed by atoms with van der Waals surface area (Å²) < 4.78 is 0. The number of para-hydroxylation sites is 2. The second-order valence-corrected chi connectivity index (χ2v) is 6.90. The van der Waals surface area contributed by atoms with E-state index in [1.165, 1.54) is 0 Å². The molecule has 2 aromatic carbocycles. The van der Waals surface area contributed by atoms with E-state index < -0.39 is 0 Å². The van der Waals surface area contributed by atoms with Crippen molar-refractivity contribution in [3.05, 3.63) is 73.1 Å². The molecule has 1 aliphatic rings. The first-order chi connectivity index (χ1) is 14.4. The van der Waals surface area contributed by atoms with E-state index in [0.717, 1.165) is 60.5 Å². The summed E-state index contributed by atoms with van der Waals surface area (Å²) in [7, 11) is 0. The van der Waals surface area contributed by atoms with Crippen LogP contribution in [-0.2, 0) is 0 Å². The lowest BCUT2D eigenvalue weighted by atomic mass is 10.2. The Balaban J connectivity index is 1.42. The van der Waals surface area contributed by atoms with Crippen molar-refractivity contribution in [3.63, 3.8) is 0 Å². The molecular weight excluding hydrogens is 362 g/mol. The molecule has 0 unspecified atom stereocenters. The molecule has 1 N–H and O–H groups in total. The smallest absolute Gasteiger partial charge is 0.228 e. The lowest BCUT2D eigenvalue weighted by Gasteiger charge is -2.34. The maximum atomic E-state index is 4.87. The Morgan fingerprint density at radius 2 is 1.31 bits per heavy atom. The second-order valence-electron chi connectivity index (χ2n) is 6.90. The number of hydrogen-bond donors (Lipinski definition) is 1. The van der Waals surface area contributed by atoms with Crippen molar-refractivity contribution >= 4 is 34.3 Å². The molecule has 5 rings (SSSR count). The van der Waals surface area contributed by atoms with Gasteiger partial charge in [-0.15, -0.1) is 0 Å². The fraction of sp³-hybridized carbons (Fsp3) is 0.182. The molecule has 0 aliphatic carbocycles. The predicted molar refractivity (Wildman–Crippen MR) is 116 cm³/mol. The van der Waals surface area contributed by atoms with Crippen LogP contribution in [0.5, 0.6) is 0 Å². The van der Waals surface area contributed by atoms with Gasteiger partial charge in [-0.3, -0.25) is 0 Å². The van der Waals surface area contributed by atoms with Gasteiger partial charge in [-0.25, -0.2) is 15.0 Å². The molecular formula is C22H21N7. The third-order valence-electron chi connectivity index (χ3n) is 5.03. The highest BCUT2D eigenvalue weighted by atomic mass is 15.4. The molecule has 1 saturated heterocycles. The summed E-state index contributed by atoms with van der Waals surface area (Å²) in [6.07, 6.45) is 3.56. The highest BCUT2D eigenvalue weighted by Gasteiger charge is 2.21. The van der Waals surface area contributed by atoms with Gasteiger partial charge in [0.05, 0.1) is 5.52 Å². The SMILES string of the molecule is c1ccc(Nc2nc(N3CCN(c4ncccn4)CC3)nc3ccccc23)cc1. The van der Waals surface area contributed by atoms with Crippen molar-refractivity contribution in [2.45, 2.75) is 0 Å². The van der Waals surface area contributed by atoms with Gasteiger partial charge < -0.3 is 15.1 Å². The number of anilines is 4. The van der Waals surface area contributed by atoms with Gasteiger partial charge in [0.15, 0.2) is 0 Å². The third-order valence-corrected chi connectivity index (χ3v) is 5.03. The summed E-state index contributed by atoms with van der Waals surface area (Å²) in [6, 6.07) is 20.0. The van der Waals surface area contributed by atoms with Crippen molar-refractivity contribution < 1.29 is 0 Å². The normalized spacial score (nSPS) is 14.2. The Hall–Kier alpha value is -3.74. The molecule has 0 bridgehead atoms. The maximum absolute atomic E-state index is 4.87. The summed E-state index contributed by atoms with van der Waals surface area (Å²) >= 11 is 0. The lowest BCUT2D eigenvalue weighted by molar-refractivity contribution is 0.629. The van der Waals surface area contributed by atoms with Crippen LogP contribution in [0, 0.1) is 0 Å². The average Bonchev–Trinajstić information content (AvgIpc) is 2.80. The Morgan fingerprint density at radius 1 is 0.655 bits per heavy atom. The molecule has 7 heteroatoms. The molecule has 7 nitrogen and oxygen atoms in total. The fourth-order valence-electron chi connectivity index (χ4n) is 3.52. The standard InChI is InChI=1S/C22H21N7/c1-2-7-17(8-3-1)25-20-18-9-4-5-10-19(18)26-22(27-20)29-15-13-28(14-16-29)21-23-11-6-12-24-21/h1-12H,13-16H2,(H,25,26,27). The van der Waals surface area contributed by atoms with Gasteiger partial charge in [-0.05, 0) is 30.3 Å². The van der Waals surface area contributed by atoms with Gasteiger partial charge in [-0.2, -0.15) is 4.98 Å². The van der Waals surface area contributed by atoms with Gasteiger partial charge in [-0.1, -0.05) is 30.3 Å². The van der Waals surface area contributed by atoms with E-state index in [-0.39, 0.29) is 0 Å². The minimum atomic E-state index is 0.746. The zero-order chi connectivity index (χ0) is 19.5. The summed E-state index contributed by atoms with van der Waals surface area (Å²) in [4.78, 5) is 22.8. The number of piperazine rings is 1. The minimum Gasteiger partial charge on any atom is -0.340 e. The zero-order valence-corrected chi connectivity index (χ0v) is 15.9. The van der Waals surface area contributed by atoms with E-state index in [4.69, 9.17) is 9.97 Å². The number of hydrogen-bond acceptors (Lipinski definition) is 7. The largest absolute Gasteiger partial charge is 0.340 e. The van der Waals surface area contributed by atoms with Gasteiger partial charge in [0.1, 0.15) is 5.82 Å². The Kier molecular flexibility index (Phi) is 4.62. The van der Waals surface area contributed by atoms with Crippen molar-refractivity contribution in [2.24, 2.45) is 0 Å². The van der Waals surface area contributed by atoms with Crippen LogP contribution < -0.4 is 15.1 Å². The number of fused-ring (bicyclic) bond motifs is 1. The van der Waals surface area contributed by atoms with Crippen molar-refractivity contribution in [1.82, 2.24) is 19.9 Å². The fourth-order valence-corrected chi connectivity index (χ4v) is 3.52. The number of nitrogens with zero attached hydrogens (tertiary/aromatic N) is 6. The third kappa shape index (κ3) is 3.67. The van der Waals surface area contributed by atoms with E-state index in [1.54, 1.807) is 12.4 Å². The van der Waals surface area contributed by atoms with Gasteiger partial charge in [0.25, 0.3) is 0 Å². The first kappa shape index (κ1) is 17.4. The van der Waals surface area contributed by atoms with E-state index in [1.807, 2.05) is 54.6 Å². The van der Waals surface area contributed by atoms with E-state index in [0.29, 0.717) is 0 Å². The quantitative estimate of drug-likeness (QED) is 0.578. The van der Waals surface area contributed by atoms with Crippen LogP contribution in [0.2, 0.25) is 0 Å². The van der Waals surface area contributed by atoms with Crippen LogP contribution in [0.15, 0.2) is 73.1 Å². The zero-order valence-electron chi connectivity index (χ0n) is 15.9. The van der Waals surface area contributed by atoms with Crippen LogP contribution in [0.4, 0.5) is 23.4 Å². The molecule has 29 heavy (non-hydrogen) atoms. The molecule has 3 heterocycles. The molecule has 2 aromatic heterocycles. The number of benzene rings is 2. The molecule has 0 spiro atoms. The molecule has 0 saturated carbocycles. The molecule has 144 valence electrons. The first-order valence-electron chi connectivity index (χ1n) is 9.72. The summed E-state index contributed by atoms with van der Waals surface area (Å²) in [5.74, 6) is 2.35. The van der Waals surface area contributed by atoms with Gasteiger partial charge >= 0.3 is 0 Å². The summed E-state index contributed by atoms with van der Waals surface area (Å²) in [5, 5.41) is 4.46. The van der Waals surface area contributed by atoms with E-state index >= 15 is 0 Å². The molecule has 0 radical (unpaired) electrons. The van der Waals surface area contributed by atoms with Crippen LogP contribution in [0.3, 0.4) is 0 Å². The second kappa shape index (κ2) is 7.71. The highest BCUT2D eigenvalue weighted by Crippen LogP contribution is 2.27. The number of rotatable bonds is 4. The number of nitrogens with one attached hydrogen (secondary N) is 1. The lowest BCUT2D eigenvalue weighted by Crippen LogP contribution is -2.47. The first-order valence-corrected chi connectivity index (χ1v) is 9.72. The van der Waals surface area contributed by atoms with Crippen molar-refractivity contribution in [2.75, 3.05) is 41.3 Å². The van der Waals surface area contributed by atoms with Crippen LogP contribution in [0.25, 0.3) is 10.9 Å². The van der Waals surface area contributed by atoms with E-state index in [9.17, 15) is 0 Å². The van der Waals surface area contributed by atoms with Crippen LogP contribution in [-0.4, -0.2) is 46.1 Å². The van der Waals surface area contributed by atoms with Gasteiger partial charge in [0, 0.05) is 49.6 Å². The Bertz CT molecular complexity index is 1090. The number of aromatic nitrogens is 4. The minimum absolute atomic E-state index is 0.746. The van der Waals surface area contributed by atoms with Crippen molar-refractivity contribution in [3.8, 4) is 0 Å². The van der Waals surface area contributed by atoms with Crippen molar-refractivity contribution in [1.29, 1.82) is 0 Å². The molecule has 0 atom stereocenters.